The fraction of sp³-hybridized carbons (Fsp3) is 0.333. The fourth-order valence-corrected chi connectivity index (χ4v) is 3.88. The molecule has 3 rings (SSSR count). The molecule has 0 unspecified atom stereocenters. The van der Waals surface area contributed by atoms with Crippen LogP contribution in [0.5, 0.6) is 0 Å². The number of nitrogens with two attached hydrogens (primary N) is 1. The van der Waals surface area contributed by atoms with E-state index in [0.717, 1.165) is 5.56 Å². The van der Waals surface area contributed by atoms with Crippen molar-refractivity contribution in [3.05, 3.63) is 30.3 Å². The monoisotopic (exact) mass is 349 g/mol. The number of nitrogens with one attached hydrogen (secondary N) is 1. The largest absolute Gasteiger partial charge is 0.379 e. The van der Waals surface area contributed by atoms with E-state index in [1.165, 1.54) is 4.31 Å². The van der Waals surface area contributed by atoms with Gasteiger partial charge in [-0.1, -0.05) is 12.1 Å². The van der Waals surface area contributed by atoms with Gasteiger partial charge in [0.05, 0.1) is 23.8 Å². The number of morpholine rings is 1. The average molecular weight is 349 g/mol. The second kappa shape index (κ2) is 6.71. The molecule has 0 bridgehead atoms. The summed E-state index contributed by atoms with van der Waals surface area (Å²) in [6.45, 7) is 1.59. The van der Waals surface area contributed by atoms with Gasteiger partial charge in [-0.2, -0.15) is 9.29 Å². The molecule has 0 radical (unpaired) electrons. The van der Waals surface area contributed by atoms with E-state index < -0.39 is 10.0 Å². The summed E-state index contributed by atoms with van der Waals surface area (Å²) in [5, 5.41) is 2.91. The predicted octanol–water partition coefficient (Wildman–Crippen LogP) is 0.788. The number of benzene rings is 1. The molecular weight excluding hydrogens is 330 g/mol. The number of nitrogens with zero attached hydrogens (tertiary/aromatic N) is 3. The van der Waals surface area contributed by atoms with E-state index in [1.807, 2.05) is 0 Å². The van der Waals surface area contributed by atoms with E-state index in [4.69, 9.17) is 10.5 Å². The van der Waals surface area contributed by atoms with Crippen LogP contribution in [0.4, 0.5) is 11.8 Å². The molecule has 24 heavy (non-hydrogen) atoms. The predicted molar refractivity (Wildman–Crippen MR) is 91.0 cm³/mol. The summed E-state index contributed by atoms with van der Waals surface area (Å²) < 4.78 is 31.8. The molecule has 2 aromatic rings. The van der Waals surface area contributed by atoms with Crippen molar-refractivity contribution in [1.29, 1.82) is 0 Å². The molecule has 0 spiro atoms. The minimum Gasteiger partial charge on any atom is -0.379 e. The van der Waals surface area contributed by atoms with Gasteiger partial charge in [-0.05, 0) is 12.1 Å². The minimum atomic E-state index is -3.50. The number of ether oxygens (including phenoxy) is 1. The second-order valence-electron chi connectivity index (χ2n) is 5.29. The Bertz CT molecular complexity index is 818. The van der Waals surface area contributed by atoms with Gasteiger partial charge in [-0.3, -0.25) is 0 Å². The molecule has 8 nitrogen and oxygen atoms in total. The first kappa shape index (κ1) is 16.6. The molecule has 1 aromatic heterocycles. The van der Waals surface area contributed by atoms with Crippen molar-refractivity contribution in [2.45, 2.75) is 4.90 Å². The van der Waals surface area contributed by atoms with Crippen LogP contribution >= 0.6 is 0 Å². The third kappa shape index (κ3) is 3.32. The highest BCUT2D eigenvalue weighted by Crippen LogP contribution is 2.24. The maximum absolute atomic E-state index is 12.6. The lowest BCUT2D eigenvalue weighted by Gasteiger charge is -2.26. The standard InChI is InChI=1S/C15H19N5O3S/c1-17-14-10-13(18-15(16)19-14)11-2-4-12(5-3-11)24(21,22)20-6-8-23-9-7-20/h2-5,10H,6-9H2,1H3,(H3,16,17,18,19). The summed E-state index contributed by atoms with van der Waals surface area (Å²) in [5.74, 6) is 0.754. The summed E-state index contributed by atoms with van der Waals surface area (Å²) in [5.41, 5.74) is 7.08. The van der Waals surface area contributed by atoms with Crippen molar-refractivity contribution in [1.82, 2.24) is 14.3 Å². The summed E-state index contributed by atoms with van der Waals surface area (Å²) in [7, 11) is -1.76. The molecule has 0 saturated carbocycles. The summed E-state index contributed by atoms with van der Waals surface area (Å²) in [4.78, 5) is 8.47. The van der Waals surface area contributed by atoms with Gasteiger partial charge >= 0.3 is 0 Å². The van der Waals surface area contributed by atoms with Gasteiger partial charge in [0, 0.05) is 31.8 Å². The van der Waals surface area contributed by atoms with Gasteiger partial charge in [0.1, 0.15) is 5.82 Å². The van der Waals surface area contributed by atoms with Crippen molar-refractivity contribution in [2.24, 2.45) is 0 Å². The lowest BCUT2D eigenvalue weighted by molar-refractivity contribution is 0.0730. The number of aromatic nitrogens is 2. The summed E-state index contributed by atoms with van der Waals surface area (Å²) in [6, 6.07) is 8.35. The molecule has 1 aromatic carbocycles. The van der Waals surface area contributed by atoms with Crippen LogP contribution in [-0.4, -0.2) is 56.0 Å². The molecule has 2 heterocycles. The van der Waals surface area contributed by atoms with Crippen molar-refractivity contribution >= 4 is 21.8 Å². The Hall–Kier alpha value is -2.23. The Morgan fingerprint density at radius 3 is 2.46 bits per heavy atom. The number of nitrogen functional groups attached to an aromatic ring is 1. The topological polar surface area (TPSA) is 110 Å². The van der Waals surface area contributed by atoms with Gasteiger partial charge in [0.25, 0.3) is 0 Å². The van der Waals surface area contributed by atoms with Crippen molar-refractivity contribution in [2.75, 3.05) is 44.4 Å². The van der Waals surface area contributed by atoms with Crippen molar-refractivity contribution in [3.63, 3.8) is 0 Å². The molecule has 128 valence electrons. The molecule has 1 aliphatic heterocycles. The highest BCUT2D eigenvalue weighted by molar-refractivity contribution is 7.89. The van der Waals surface area contributed by atoms with Crippen LogP contribution in [0.25, 0.3) is 11.3 Å². The zero-order valence-electron chi connectivity index (χ0n) is 13.3. The smallest absolute Gasteiger partial charge is 0.243 e. The Morgan fingerprint density at radius 1 is 1.17 bits per heavy atom. The number of hydrogen-bond acceptors (Lipinski definition) is 7. The Balaban J connectivity index is 1.89. The van der Waals surface area contributed by atoms with Crippen LogP contribution in [0.15, 0.2) is 35.2 Å². The van der Waals surface area contributed by atoms with E-state index in [1.54, 1.807) is 37.4 Å². The third-order valence-electron chi connectivity index (χ3n) is 3.76. The van der Waals surface area contributed by atoms with Crippen LogP contribution < -0.4 is 11.1 Å². The molecule has 0 aliphatic carbocycles. The van der Waals surface area contributed by atoms with E-state index in [0.29, 0.717) is 37.8 Å². The van der Waals surface area contributed by atoms with Crippen LogP contribution in [0.1, 0.15) is 0 Å². The summed E-state index contributed by atoms with van der Waals surface area (Å²) >= 11 is 0. The van der Waals surface area contributed by atoms with Crippen LogP contribution in [0, 0.1) is 0 Å². The van der Waals surface area contributed by atoms with Crippen molar-refractivity contribution in [3.8, 4) is 11.3 Å². The zero-order chi connectivity index (χ0) is 17.2. The zero-order valence-corrected chi connectivity index (χ0v) is 14.1. The maximum Gasteiger partial charge on any atom is 0.243 e. The van der Waals surface area contributed by atoms with Gasteiger partial charge in [0.15, 0.2) is 0 Å². The van der Waals surface area contributed by atoms with Gasteiger partial charge in [-0.25, -0.2) is 13.4 Å². The molecule has 0 atom stereocenters. The van der Waals surface area contributed by atoms with E-state index in [2.05, 4.69) is 15.3 Å². The molecule has 1 aliphatic rings. The van der Waals surface area contributed by atoms with Crippen LogP contribution in [0.2, 0.25) is 0 Å². The molecule has 3 N–H and O–H groups in total. The maximum atomic E-state index is 12.6. The highest BCUT2D eigenvalue weighted by atomic mass is 32.2. The summed E-state index contributed by atoms with van der Waals surface area (Å²) in [6.07, 6.45) is 0. The Morgan fingerprint density at radius 2 is 1.83 bits per heavy atom. The third-order valence-corrected chi connectivity index (χ3v) is 5.67. The molecule has 0 amide bonds. The first-order chi connectivity index (χ1) is 11.5. The average Bonchev–Trinajstić information content (AvgIpc) is 2.62. The van der Waals surface area contributed by atoms with Crippen LogP contribution in [0.3, 0.4) is 0 Å². The Kier molecular flexibility index (Phi) is 4.65. The normalized spacial score (nSPS) is 16.0. The molecule has 1 fully saturated rings. The van der Waals surface area contributed by atoms with E-state index in [9.17, 15) is 8.42 Å². The fourth-order valence-electron chi connectivity index (χ4n) is 2.48. The number of rotatable bonds is 4. The second-order valence-corrected chi connectivity index (χ2v) is 7.23. The SMILES string of the molecule is CNc1cc(-c2ccc(S(=O)(=O)N3CCOCC3)cc2)nc(N)n1. The lowest BCUT2D eigenvalue weighted by Crippen LogP contribution is -2.40. The number of anilines is 2. The van der Waals surface area contributed by atoms with Crippen LogP contribution in [-0.2, 0) is 14.8 Å². The van der Waals surface area contributed by atoms with Gasteiger partial charge in [0.2, 0.25) is 16.0 Å². The first-order valence-electron chi connectivity index (χ1n) is 7.51. The number of hydrogen-bond donors (Lipinski definition) is 2. The molecule has 1 saturated heterocycles. The highest BCUT2D eigenvalue weighted by Gasteiger charge is 2.26. The quantitative estimate of drug-likeness (QED) is 0.839. The Labute approximate surface area is 140 Å². The van der Waals surface area contributed by atoms with Gasteiger partial charge < -0.3 is 15.8 Å². The van der Waals surface area contributed by atoms with Crippen molar-refractivity contribution < 1.29 is 13.2 Å². The van der Waals surface area contributed by atoms with E-state index in [-0.39, 0.29) is 10.8 Å². The molecule has 9 heteroatoms. The lowest BCUT2D eigenvalue weighted by atomic mass is 10.1. The molecular formula is C15H19N5O3S. The number of sulfonamides is 1. The minimum absolute atomic E-state index is 0.155. The first-order valence-corrected chi connectivity index (χ1v) is 8.95. The van der Waals surface area contributed by atoms with Gasteiger partial charge in [-0.15, -0.1) is 0 Å². The van der Waals surface area contributed by atoms with E-state index >= 15 is 0 Å².